The Labute approximate surface area is 122 Å². The van der Waals surface area contributed by atoms with E-state index in [1.165, 1.54) is 6.92 Å². The predicted molar refractivity (Wildman–Crippen MR) is 79.2 cm³/mol. The van der Waals surface area contributed by atoms with E-state index in [4.69, 9.17) is 0 Å². The molecule has 0 unspecified atom stereocenters. The van der Waals surface area contributed by atoms with E-state index in [-0.39, 0.29) is 17.6 Å². The number of amides is 2. The lowest BCUT2D eigenvalue weighted by molar-refractivity contribution is -0.114. The Hall–Kier alpha value is -2.70. The molecule has 0 aliphatic heterocycles. The van der Waals surface area contributed by atoms with Gasteiger partial charge in [0.15, 0.2) is 0 Å². The van der Waals surface area contributed by atoms with E-state index >= 15 is 0 Å². The van der Waals surface area contributed by atoms with E-state index in [0.717, 1.165) is 0 Å². The second kappa shape index (κ2) is 6.17. The lowest BCUT2D eigenvalue weighted by Crippen LogP contribution is -2.14. The van der Waals surface area contributed by atoms with Crippen molar-refractivity contribution < 1.29 is 9.59 Å². The van der Waals surface area contributed by atoms with Gasteiger partial charge in [-0.3, -0.25) is 14.7 Å². The van der Waals surface area contributed by atoms with E-state index in [1.807, 2.05) is 13.8 Å². The predicted octanol–water partition coefficient (Wildman–Crippen LogP) is 2.14. The summed E-state index contributed by atoms with van der Waals surface area (Å²) >= 11 is 0. The van der Waals surface area contributed by atoms with E-state index < -0.39 is 5.91 Å². The largest absolute Gasteiger partial charge is 0.326 e. The van der Waals surface area contributed by atoms with E-state index in [2.05, 4.69) is 25.8 Å². The molecule has 2 rings (SSSR count). The van der Waals surface area contributed by atoms with Crippen LogP contribution in [0.3, 0.4) is 0 Å². The highest BCUT2D eigenvalue weighted by Gasteiger charge is 2.14. The van der Waals surface area contributed by atoms with Crippen LogP contribution in [-0.2, 0) is 4.79 Å². The van der Waals surface area contributed by atoms with Crippen LogP contribution in [-0.4, -0.2) is 27.0 Å². The molecule has 3 N–H and O–H groups in total. The Morgan fingerprint density at radius 2 is 1.86 bits per heavy atom. The van der Waals surface area contributed by atoms with Crippen LogP contribution < -0.4 is 10.6 Å². The number of H-pyrrole nitrogens is 1. The molecule has 0 spiro atoms. The molecule has 21 heavy (non-hydrogen) atoms. The standard InChI is InChI=1S/C14H17N5O2/c1-8(2)12-17-13(19-18-12)14(21)16-11-6-4-5-10(7-11)15-9(3)20/h4-8H,1-3H3,(H,15,20)(H,16,21)(H,17,18,19). The van der Waals surface area contributed by atoms with Gasteiger partial charge < -0.3 is 10.6 Å². The summed E-state index contributed by atoms with van der Waals surface area (Å²) in [6, 6.07) is 6.85. The number of carbonyl (C=O) groups excluding carboxylic acids is 2. The van der Waals surface area contributed by atoms with Gasteiger partial charge in [0.2, 0.25) is 11.7 Å². The normalized spacial score (nSPS) is 10.5. The average molecular weight is 287 g/mol. The van der Waals surface area contributed by atoms with Gasteiger partial charge in [0.1, 0.15) is 5.82 Å². The maximum Gasteiger partial charge on any atom is 0.295 e. The summed E-state index contributed by atoms with van der Waals surface area (Å²) in [7, 11) is 0. The molecule has 0 radical (unpaired) electrons. The molecule has 1 heterocycles. The van der Waals surface area contributed by atoms with Crippen molar-refractivity contribution in [2.75, 3.05) is 10.6 Å². The van der Waals surface area contributed by atoms with Gasteiger partial charge in [-0.05, 0) is 18.2 Å². The first kappa shape index (κ1) is 14.7. The second-order valence-electron chi connectivity index (χ2n) is 4.92. The van der Waals surface area contributed by atoms with Crippen LogP contribution in [0.25, 0.3) is 0 Å². The highest BCUT2D eigenvalue weighted by Crippen LogP contribution is 2.16. The van der Waals surface area contributed by atoms with Crippen molar-refractivity contribution >= 4 is 23.2 Å². The van der Waals surface area contributed by atoms with Gasteiger partial charge in [-0.15, -0.1) is 5.10 Å². The van der Waals surface area contributed by atoms with Crippen molar-refractivity contribution in [1.82, 2.24) is 15.2 Å². The third kappa shape index (κ3) is 3.88. The molecule has 0 bridgehead atoms. The zero-order valence-corrected chi connectivity index (χ0v) is 12.1. The van der Waals surface area contributed by atoms with Crippen LogP contribution in [0.5, 0.6) is 0 Å². The molecule has 1 aromatic heterocycles. The summed E-state index contributed by atoms with van der Waals surface area (Å²) in [6.45, 7) is 5.34. The van der Waals surface area contributed by atoms with Gasteiger partial charge in [0.25, 0.3) is 5.91 Å². The zero-order chi connectivity index (χ0) is 15.4. The molecule has 110 valence electrons. The summed E-state index contributed by atoms with van der Waals surface area (Å²) in [6.07, 6.45) is 0. The molecule has 0 saturated carbocycles. The molecule has 7 heteroatoms. The first-order valence-corrected chi connectivity index (χ1v) is 6.57. The van der Waals surface area contributed by atoms with E-state index in [0.29, 0.717) is 17.2 Å². The van der Waals surface area contributed by atoms with Gasteiger partial charge in [-0.1, -0.05) is 19.9 Å². The van der Waals surface area contributed by atoms with Crippen LogP contribution in [0.1, 0.15) is 43.1 Å². The van der Waals surface area contributed by atoms with Crippen molar-refractivity contribution in [3.8, 4) is 0 Å². The maximum atomic E-state index is 12.0. The monoisotopic (exact) mass is 287 g/mol. The summed E-state index contributed by atoms with van der Waals surface area (Å²) in [5.74, 6) is 0.338. The average Bonchev–Trinajstić information content (AvgIpc) is 2.88. The highest BCUT2D eigenvalue weighted by atomic mass is 16.2. The Kier molecular flexibility index (Phi) is 4.32. The number of hydrogen-bond donors (Lipinski definition) is 3. The Balaban J connectivity index is 2.09. The summed E-state index contributed by atoms with van der Waals surface area (Å²) in [4.78, 5) is 27.2. The fourth-order valence-corrected chi connectivity index (χ4v) is 1.70. The van der Waals surface area contributed by atoms with Gasteiger partial charge in [0, 0.05) is 24.2 Å². The Morgan fingerprint density at radius 3 is 2.43 bits per heavy atom. The molecule has 2 aromatic rings. The van der Waals surface area contributed by atoms with Crippen LogP contribution in [0.4, 0.5) is 11.4 Å². The first-order chi connectivity index (χ1) is 9.95. The molecular weight excluding hydrogens is 270 g/mol. The molecule has 7 nitrogen and oxygen atoms in total. The van der Waals surface area contributed by atoms with Crippen molar-refractivity contribution in [2.45, 2.75) is 26.7 Å². The van der Waals surface area contributed by atoms with E-state index in [9.17, 15) is 9.59 Å². The van der Waals surface area contributed by atoms with Crippen molar-refractivity contribution in [1.29, 1.82) is 0 Å². The second-order valence-corrected chi connectivity index (χ2v) is 4.92. The van der Waals surface area contributed by atoms with Crippen LogP contribution in [0, 0.1) is 0 Å². The van der Waals surface area contributed by atoms with Crippen LogP contribution in [0.15, 0.2) is 24.3 Å². The number of aromatic amines is 1. The SMILES string of the molecule is CC(=O)Nc1cccc(NC(=O)c2n[nH]c(C(C)C)n2)c1. The number of carbonyl (C=O) groups is 2. The number of aromatic nitrogens is 3. The smallest absolute Gasteiger partial charge is 0.295 e. The third-order valence-corrected chi connectivity index (χ3v) is 2.69. The minimum absolute atomic E-state index is 0.0867. The highest BCUT2D eigenvalue weighted by molar-refractivity contribution is 6.02. The lowest BCUT2D eigenvalue weighted by atomic mass is 10.2. The molecule has 0 fully saturated rings. The summed E-state index contributed by atoms with van der Waals surface area (Å²) in [5.41, 5.74) is 1.17. The molecule has 0 saturated heterocycles. The van der Waals surface area contributed by atoms with E-state index in [1.54, 1.807) is 24.3 Å². The molecule has 0 atom stereocenters. The quantitative estimate of drug-likeness (QED) is 0.802. The third-order valence-electron chi connectivity index (χ3n) is 2.69. The van der Waals surface area contributed by atoms with Crippen molar-refractivity contribution in [3.05, 3.63) is 35.9 Å². The molecular formula is C14H17N5O2. The number of hydrogen-bond acceptors (Lipinski definition) is 4. The number of nitrogens with zero attached hydrogens (tertiary/aromatic N) is 2. The zero-order valence-electron chi connectivity index (χ0n) is 12.1. The van der Waals surface area contributed by atoms with Crippen LogP contribution in [0.2, 0.25) is 0 Å². The topological polar surface area (TPSA) is 99.8 Å². The van der Waals surface area contributed by atoms with Crippen LogP contribution >= 0.6 is 0 Å². The number of nitrogens with one attached hydrogen (secondary N) is 3. The van der Waals surface area contributed by atoms with Gasteiger partial charge >= 0.3 is 0 Å². The fraction of sp³-hybridized carbons (Fsp3) is 0.286. The van der Waals surface area contributed by atoms with Gasteiger partial charge in [-0.25, -0.2) is 4.98 Å². The number of benzene rings is 1. The number of rotatable bonds is 4. The molecule has 0 aliphatic rings. The Morgan fingerprint density at radius 1 is 1.19 bits per heavy atom. The molecule has 2 amide bonds. The van der Waals surface area contributed by atoms with Crippen molar-refractivity contribution in [2.24, 2.45) is 0 Å². The number of anilines is 2. The maximum absolute atomic E-state index is 12.0. The van der Waals surface area contributed by atoms with Gasteiger partial charge in [0.05, 0.1) is 0 Å². The molecule has 1 aromatic carbocycles. The lowest BCUT2D eigenvalue weighted by Gasteiger charge is -2.06. The first-order valence-electron chi connectivity index (χ1n) is 6.57. The fourth-order valence-electron chi connectivity index (χ4n) is 1.70. The summed E-state index contributed by atoms with van der Waals surface area (Å²) in [5, 5.41) is 12.0. The summed E-state index contributed by atoms with van der Waals surface area (Å²) < 4.78 is 0. The minimum atomic E-state index is -0.405. The van der Waals surface area contributed by atoms with Crippen molar-refractivity contribution in [3.63, 3.8) is 0 Å². The molecule has 0 aliphatic carbocycles. The minimum Gasteiger partial charge on any atom is -0.326 e. The van der Waals surface area contributed by atoms with Gasteiger partial charge in [-0.2, -0.15) is 0 Å². The Bertz CT molecular complexity index is 663.